The van der Waals surface area contributed by atoms with Crippen LogP contribution in [0.5, 0.6) is 5.75 Å². The maximum Gasteiger partial charge on any atom is 0.149 e. The molecule has 0 bridgehead atoms. The molecular formula is C62H69N3O. The number of nitrogens with zero attached hydrogens (tertiary/aromatic N) is 3. The summed E-state index contributed by atoms with van der Waals surface area (Å²) >= 11 is 0. The molecule has 2 heterocycles. The van der Waals surface area contributed by atoms with Crippen molar-refractivity contribution >= 4 is 11.0 Å². The Hall–Kier alpha value is -6.26. The van der Waals surface area contributed by atoms with Crippen molar-refractivity contribution in [2.24, 2.45) is 0 Å². The van der Waals surface area contributed by atoms with E-state index in [4.69, 9.17) is 34.6 Å². The van der Waals surface area contributed by atoms with E-state index in [0.29, 0.717) is 61.1 Å². The predicted octanol–water partition coefficient (Wildman–Crippen LogP) is 17.2. The lowest BCUT2D eigenvalue weighted by Crippen LogP contribution is -2.12. The Morgan fingerprint density at radius 1 is 0.621 bits per heavy atom. The van der Waals surface area contributed by atoms with Gasteiger partial charge in [0.15, 0.2) is 0 Å². The van der Waals surface area contributed by atoms with Crippen LogP contribution in [-0.4, -0.2) is 19.6 Å². The maximum absolute atomic E-state index is 12.4. The van der Waals surface area contributed by atoms with Crippen molar-refractivity contribution in [3.8, 4) is 67.5 Å². The molecule has 0 aliphatic rings. The molecule has 6 aromatic carbocycles. The van der Waals surface area contributed by atoms with Crippen molar-refractivity contribution < 1.29 is 29.8 Å². The number of rotatable bonds is 8. The van der Waals surface area contributed by atoms with Crippen LogP contribution < -0.4 is 0 Å². The molecule has 0 aliphatic heterocycles. The third-order valence-electron chi connectivity index (χ3n) is 12.1. The smallest absolute Gasteiger partial charge is 0.149 e. The number of imidazole rings is 1. The van der Waals surface area contributed by atoms with Gasteiger partial charge >= 0.3 is 0 Å². The second-order valence-electron chi connectivity index (χ2n) is 19.9. The van der Waals surface area contributed by atoms with E-state index in [1.54, 1.807) is 44.4 Å². The first-order chi connectivity index (χ1) is 38.2. The summed E-state index contributed by atoms with van der Waals surface area (Å²) in [6.45, 7) is 6.71. The lowest BCUT2D eigenvalue weighted by molar-refractivity contribution is 0.448. The summed E-state index contributed by atoms with van der Waals surface area (Å²) in [7, 11) is 0. The molecule has 0 atom stereocenters. The van der Waals surface area contributed by atoms with E-state index in [1.807, 2.05) is 121 Å². The Kier molecular flexibility index (Phi) is 7.48. The van der Waals surface area contributed by atoms with Crippen molar-refractivity contribution in [1.29, 1.82) is 0 Å². The quantitative estimate of drug-likeness (QED) is 0.165. The first kappa shape index (κ1) is 28.7. The standard InChI is InChI=1S/C62H69N3O/c1-37(2)44-30-45(38(3)4)32-46(31-44)42-21-24-55(40(6)29-42)65-56-18-16-17-51(57(56)64-59(65)52-27-39(5)28-53(58(52)66)62(13,14)15)47-33-48(35-50(34-47)61(10,11)12)54-36-43(25-26-63-54)41-19-22-49(23-20-41)60(7,8)9/h16-38,66H,1-15H3/i6D3,7D3,8D3,9D3,19D,20D,22D,23D,37D,38D. The Bertz CT molecular complexity index is 3810. The molecule has 0 aliphatic carbocycles. The zero-order valence-corrected chi connectivity index (χ0v) is 39.6. The molecule has 8 aromatic rings. The number of phenols is 1. The van der Waals surface area contributed by atoms with E-state index in [2.05, 4.69) is 0 Å². The number of phenolic OH excluding ortho intramolecular Hbond substituents is 1. The Morgan fingerprint density at radius 3 is 1.94 bits per heavy atom. The Labute approximate surface area is 420 Å². The minimum Gasteiger partial charge on any atom is -0.507 e. The first-order valence-corrected chi connectivity index (χ1v) is 22.1. The van der Waals surface area contributed by atoms with Gasteiger partial charge in [-0.2, -0.15) is 0 Å². The summed E-state index contributed by atoms with van der Waals surface area (Å²) in [4.78, 5) is 10.1. The highest BCUT2D eigenvalue weighted by atomic mass is 16.3. The molecule has 2 aromatic heterocycles. The molecule has 0 radical (unpaired) electrons. The highest BCUT2D eigenvalue weighted by Gasteiger charge is 2.27. The van der Waals surface area contributed by atoms with Crippen LogP contribution in [0.3, 0.4) is 0 Å². The molecule has 0 saturated carbocycles. The van der Waals surface area contributed by atoms with Crippen LogP contribution in [0, 0.1) is 13.8 Å². The molecule has 1 N–H and O–H groups in total. The molecule has 8 rings (SSSR count). The molecule has 0 fully saturated rings. The molecule has 4 heteroatoms. The third-order valence-corrected chi connectivity index (χ3v) is 12.1. The fraction of sp³-hybridized carbons (Fsp3) is 0.323. The molecule has 0 amide bonds. The summed E-state index contributed by atoms with van der Waals surface area (Å²) < 4.78 is 158. The predicted molar refractivity (Wildman–Crippen MR) is 281 cm³/mol. The number of hydrogen-bond acceptors (Lipinski definition) is 3. The summed E-state index contributed by atoms with van der Waals surface area (Å²) in [5, 5.41) is 12.4. The van der Waals surface area contributed by atoms with Gasteiger partial charge in [-0.15, -0.1) is 0 Å². The van der Waals surface area contributed by atoms with Crippen LogP contribution in [0.4, 0.5) is 0 Å². The zero-order chi connectivity index (χ0) is 62.9. The topological polar surface area (TPSA) is 50.9 Å². The highest BCUT2D eigenvalue weighted by molar-refractivity contribution is 5.97. The summed E-state index contributed by atoms with van der Waals surface area (Å²) in [6, 6.07) is 24.7. The second kappa shape index (κ2) is 17.2. The van der Waals surface area contributed by atoms with Gasteiger partial charge in [-0.1, -0.05) is 162 Å². The van der Waals surface area contributed by atoms with Crippen LogP contribution in [0.2, 0.25) is 0 Å². The number of benzene rings is 6. The van der Waals surface area contributed by atoms with Gasteiger partial charge in [-0.05, 0) is 152 Å². The monoisotopic (exact) mass is 890 g/mol. The number of fused-ring (bicyclic) bond motifs is 1. The average molecular weight is 890 g/mol. The SMILES string of the molecule is [2H]c1c([2H])c(C(C([2H])([2H])[2H])(C([2H])([2H])[2H])C([2H])([2H])[2H])c([2H])c([2H])c1-c1ccnc(-c2cc(-c3cccc4c3nc(-c3cc(C)cc(C(C)(C)C)c3O)n4-c3ccc(-c4cc(C([2H])(C)C)cc(C([2H])(C)C)c4)cc3C([2H])([2H])[2H])cc(C(C)(C)C)c2)c1. The second-order valence-corrected chi connectivity index (χ2v) is 19.9. The number of aryl methyl sites for hydroxylation is 2. The van der Waals surface area contributed by atoms with E-state index >= 15 is 0 Å². The Balaban J connectivity index is 1.40. The summed E-state index contributed by atoms with van der Waals surface area (Å²) in [6.07, 6.45) is 1.39. The van der Waals surface area contributed by atoms with Gasteiger partial charge < -0.3 is 5.11 Å². The van der Waals surface area contributed by atoms with Crippen molar-refractivity contribution in [2.45, 2.75) is 132 Å². The summed E-state index contributed by atoms with van der Waals surface area (Å²) in [5.74, 6) is -1.86. The zero-order valence-electron chi connectivity index (χ0n) is 57.6. The van der Waals surface area contributed by atoms with Gasteiger partial charge in [0, 0.05) is 42.1 Å². The Morgan fingerprint density at radius 2 is 1.30 bits per heavy atom. The number of aromatic nitrogens is 3. The maximum atomic E-state index is 12.4. The lowest BCUT2D eigenvalue weighted by atomic mass is 9.83. The third kappa shape index (κ3) is 9.12. The number of para-hydroxylation sites is 1. The molecule has 0 saturated heterocycles. The van der Waals surface area contributed by atoms with Crippen molar-refractivity contribution in [3.63, 3.8) is 0 Å². The largest absolute Gasteiger partial charge is 0.507 e. The van der Waals surface area contributed by atoms with Crippen molar-refractivity contribution in [3.05, 3.63) is 166 Å². The fourth-order valence-electron chi connectivity index (χ4n) is 8.31. The minimum absolute atomic E-state index is 0.0260. The van der Waals surface area contributed by atoms with Crippen LogP contribution in [0.15, 0.2) is 127 Å². The van der Waals surface area contributed by atoms with Crippen molar-refractivity contribution in [1.82, 2.24) is 14.5 Å². The van der Waals surface area contributed by atoms with Gasteiger partial charge in [0.1, 0.15) is 11.6 Å². The van der Waals surface area contributed by atoms with Gasteiger partial charge in [-0.3, -0.25) is 9.55 Å². The molecule has 66 heavy (non-hydrogen) atoms. The number of hydrogen-bond donors (Lipinski definition) is 1. The normalized spacial score (nSPS) is 17.6. The molecule has 338 valence electrons. The van der Waals surface area contributed by atoms with Crippen LogP contribution in [0.1, 0.15) is 165 Å². The minimum atomic E-state index is -3.84. The molecule has 4 nitrogen and oxygen atoms in total. The molecule has 0 spiro atoms. The highest BCUT2D eigenvalue weighted by Crippen LogP contribution is 2.44. The van der Waals surface area contributed by atoms with Crippen molar-refractivity contribution in [2.75, 3.05) is 0 Å². The molecular weight excluding hydrogens is 803 g/mol. The van der Waals surface area contributed by atoms with E-state index < -0.39 is 85.2 Å². The van der Waals surface area contributed by atoms with E-state index in [1.165, 1.54) is 18.3 Å². The van der Waals surface area contributed by atoms with Gasteiger partial charge in [0.05, 0.1) is 33.5 Å². The fourth-order valence-corrected chi connectivity index (χ4v) is 8.31. The van der Waals surface area contributed by atoms with Crippen LogP contribution in [-0.2, 0) is 16.2 Å². The summed E-state index contributed by atoms with van der Waals surface area (Å²) in [5.41, 5.74) is 1.97. The van der Waals surface area contributed by atoms with E-state index in [0.717, 1.165) is 11.1 Å². The number of aromatic hydroxyl groups is 1. The van der Waals surface area contributed by atoms with Gasteiger partial charge in [-0.25, -0.2) is 4.98 Å². The lowest BCUT2D eigenvalue weighted by Gasteiger charge is -2.23. The van der Waals surface area contributed by atoms with Gasteiger partial charge in [0.2, 0.25) is 0 Å². The number of pyridine rings is 1. The van der Waals surface area contributed by atoms with Crippen LogP contribution in [0.25, 0.3) is 72.7 Å². The van der Waals surface area contributed by atoms with Gasteiger partial charge in [0.25, 0.3) is 0 Å². The van der Waals surface area contributed by atoms with E-state index in [-0.39, 0.29) is 39.6 Å². The first-order valence-electron chi connectivity index (χ1n) is 31.1. The van der Waals surface area contributed by atoms with Crippen LogP contribution >= 0.6 is 0 Å². The average Bonchev–Trinajstić information content (AvgIpc) is 0.755. The molecule has 0 unspecified atom stereocenters. The van der Waals surface area contributed by atoms with E-state index in [9.17, 15) is 5.11 Å².